The van der Waals surface area contributed by atoms with Crippen molar-refractivity contribution in [2.75, 3.05) is 31.3 Å². The summed E-state index contributed by atoms with van der Waals surface area (Å²) in [5.74, 6) is 0.548. The van der Waals surface area contributed by atoms with Crippen LogP contribution in [0.25, 0.3) is 22.2 Å². The molecule has 3 aliphatic heterocycles. The second-order valence-corrected chi connectivity index (χ2v) is 13.0. The van der Waals surface area contributed by atoms with Gasteiger partial charge in [0, 0.05) is 35.9 Å². The van der Waals surface area contributed by atoms with Crippen LogP contribution in [0, 0.1) is 0 Å². The van der Waals surface area contributed by atoms with Gasteiger partial charge in [-0.1, -0.05) is 18.2 Å². The van der Waals surface area contributed by atoms with Crippen LogP contribution in [0.2, 0.25) is 0 Å². The zero-order chi connectivity index (χ0) is 29.2. The van der Waals surface area contributed by atoms with Gasteiger partial charge >= 0.3 is 6.09 Å². The number of rotatable bonds is 4. The summed E-state index contributed by atoms with van der Waals surface area (Å²) in [7, 11) is 0. The normalized spacial score (nSPS) is 24.2. The van der Waals surface area contributed by atoms with Gasteiger partial charge in [0.05, 0.1) is 17.5 Å². The molecule has 2 fully saturated rings. The van der Waals surface area contributed by atoms with Gasteiger partial charge in [-0.2, -0.15) is 5.10 Å². The van der Waals surface area contributed by atoms with E-state index in [2.05, 4.69) is 4.98 Å². The Labute approximate surface area is 239 Å². The maximum atomic E-state index is 15.1. The van der Waals surface area contributed by atoms with Gasteiger partial charge in [-0.3, -0.25) is 14.4 Å². The van der Waals surface area contributed by atoms with Gasteiger partial charge in [0.2, 0.25) is 5.91 Å². The first-order chi connectivity index (χ1) is 19.5. The summed E-state index contributed by atoms with van der Waals surface area (Å²) >= 11 is 0. The highest BCUT2D eigenvalue weighted by molar-refractivity contribution is 6.10. The molecule has 2 unspecified atom stereocenters. The molecule has 6 rings (SSSR count). The molecular formula is C31H38FN5O4. The van der Waals surface area contributed by atoms with Gasteiger partial charge in [0.15, 0.2) is 0 Å². The van der Waals surface area contributed by atoms with E-state index in [0.29, 0.717) is 31.1 Å². The monoisotopic (exact) mass is 563 g/mol. The maximum Gasteiger partial charge on any atom is 0.410 e. The number of ether oxygens (including phenoxy) is 2. The molecule has 2 saturated heterocycles. The van der Waals surface area contributed by atoms with Gasteiger partial charge in [-0.05, 0) is 72.4 Å². The Kier molecular flexibility index (Phi) is 6.60. The summed E-state index contributed by atoms with van der Waals surface area (Å²) in [6.45, 7) is 9.72. The Hall–Kier alpha value is -3.53. The molecule has 0 N–H and O–H groups in total. The van der Waals surface area contributed by atoms with Crippen LogP contribution < -0.4 is 4.90 Å². The molecule has 5 heterocycles. The fourth-order valence-corrected chi connectivity index (χ4v) is 6.45. The molecule has 9 nitrogen and oxygen atoms in total. The maximum absolute atomic E-state index is 15.1. The van der Waals surface area contributed by atoms with Crippen LogP contribution in [0.3, 0.4) is 0 Å². The van der Waals surface area contributed by atoms with Crippen molar-refractivity contribution in [3.8, 4) is 11.3 Å². The van der Waals surface area contributed by atoms with E-state index >= 15 is 4.39 Å². The Morgan fingerprint density at radius 2 is 1.98 bits per heavy atom. The molecule has 41 heavy (non-hydrogen) atoms. The lowest BCUT2D eigenvalue weighted by Crippen LogP contribution is -2.45. The predicted molar refractivity (Wildman–Crippen MR) is 153 cm³/mol. The van der Waals surface area contributed by atoms with Crippen molar-refractivity contribution in [2.45, 2.75) is 83.1 Å². The quantitative estimate of drug-likeness (QED) is 0.413. The van der Waals surface area contributed by atoms with Crippen LogP contribution in [0.15, 0.2) is 36.5 Å². The van der Waals surface area contributed by atoms with Gasteiger partial charge in [0.25, 0.3) is 0 Å². The van der Waals surface area contributed by atoms with Crippen LogP contribution in [0.5, 0.6) is 0 Å². The first-order valence-electron chi connectivity index (χ1n) is 14.4. The third-order valence-electron chi connectivity index (χ3n) is 8.51. The van der Waals surface area contributed by atoms with Crippen molar-refractivity contribution in [1.82, 2.24) is 19.7 Å². The molecule has 3 aliphatic rings. The molecule has 2 amide bonds. The molecule has 3 aromatic rings. The topological polar surface area (TPSA) is 89.8 Å². The number of para-hydroxylation sites is 1. The predicted octanol–water partition coefficient (Wildman–Crippen LogP) is 5.55. The fraction of sp³-hybridized carbons (Fsp3) is 0.548. The lowest BCUT2D eigenvalue weighted by atomic mass is 9.83. The van der Waals surface area contributed by atoms with Gasteiger partial charge < -0.3 is 14.4 Å². The van der Waals surface area contributed by atoms with Crippen LogP contribution >= 0.6 is 0 Å². The van der Waals surface area contributed by atoms with Crippen molar-refractivity contribution in [3.05, 3.63) is 42.1 Å². The number of benzene rings is 1. The molecule has 2 aromatic heterocycles. The van der Waals surface area contributed by atoms with Gasteiger partial charge in [-0.25, -0.2) is 14.2 Å². The molecule has 0 aliphatic carbocycles. The number of hydrogen-bond donors (Lipinski definition) is 0. The molecule has 1 aromatic carbocycles. The molecule has 0 saturated carbocycles. The smallest absolute Gasteiger partial charge is 0.410 e. The molecule has 2 atom stereocenters. The number of pyridine rings is 1. The highest BCUT2D eigenvalue weighted by atomic mass is 19.1. The first-order valence-corrected chi connectivity index (χ1v) is 14.4. The Morgan fingerprint density at radius 1 is 1.20 bits per heavy atom. The first kappa shape index (κ1) is 27.6. The second-order valence-electron chi connectivity index (χ2n) is 13.0. The summed E-state index contributed by atoms with van der Waals surface area (Å²) in [5, 5.41) is 5.91. The summed E-state index contributed by atoms with van der Waals surface area (Å²) in [6, 6.07) is 9.63. The Bertz CT molecular complexity index is 1510. The third-order valence-corrected chi connectivity index (χ3v) is 8.51. The number of carbonyl (C=O) groups is 2. The summed E-state index contributed by atoms with van der Waals surface area (Å²) in [5.41, 5.74) is 0.470. The number of likely N-dealkylation sites (tertiary alicyclic amines) is 1. The van der Waals surface area contributed by atoms with Crippen LogP contribution in [-0.4, -0.2) is 69.9 Å². The van der Waals surface area contributed by atoms with E-state index in [1.165, 1.54) is 0 Å². The highest BCUT2D eigenvalue weighted by Crippen LogP contribution is 2.48. The Morgan fingerprint density at radius 3 is 2.68 bits per heavy atom. The number of fused-ring (bicyclic) bond motifs is 2. The number of amides is 2. The number of anilines is 1. The van der Waals surface area contributed by atoms with E-state index in [1.54, 1.807) is 20.7 Å². The lowest BCUT2D eigenvalue weighted by molar-refractivity contribution is -0.125. The van der Waals surface area contributed by atoms with Crippen molar-refractivity contribution < 1.29 is 23.5 Å². The molecule has 218 valence electrons. The molecule has 0 bridgehead atoms. The van der Waals surface area contributed by atoms with Crippen LogP contribution in [0.4, 0.5) is 15.0 Å². The summed E-state index contributed by atoms with van der Waals surface area (Å²) in [4.78, 5) is 34.7. The number of hydrogen-bond acceptors (Lipinski definition) is 6. The van der Waals surface area contributed by atoms with Crippen molar-refractivity contribution in [1.29, 1.82) is 0 Å². The van der Waals surface area contributed by atoms with E-state index in [9.17, 15) is 9.59 Å². The number of alkyl halides is 1. The van der Waals surface area contributed by atoms with Crippen LogP contribution in [-0.2, 0) is 25.2 Å². The standard InChI is InChI=1S/C31H38FN5O4/c1-29(2,3)41-28(39)35-16-14-31(18-32,19-35)37-22-11-7-6-10-20(22)25(34-37)21-13-15-33-26-24(21)30(4,5)27(38)36(26)23-12-8-9-17-40-23/h6-7,10-11,13,15,23H,8-9,12,14,16-19H2,1-5H3. The summed E-state index contributed by atoms with van der Waals surface area (Å²) in [6.07, 6.45) is 4.04. The van der Waals surface area contributed by atoms with Gasteiger partial charge in [-0.15, -0.1) is 0 Å². The zero-order valence-corrected chi connectivity index (χ0v) is 24.4. The highest BCUT2D eigenvalue weighted by Gasteiger charge is 2.50. The lowest BCUT2D eigenvalue weighted by Gasteiger charge is -2.31. The number of nitrogens with zero attached hydrogens (tertiary/aromatic N) is 5. The molecule has 0 spiro atoms. The molecule has 0 radical (unpaired) electrons. The second kappa shape index (κ2) is 9.79. The molecule has 10 heteroatoms. The van der Waals surface area contributed by atoms with E-state index in [4.69, 9.17) is 14.6 Å². The number of halogens is 1. The average molecular weight is 564 g/mol. The zero-order valence-electron chi connectivity index (χ0n) is 24.4. The van der Waals surface area contributed by atoms with Crippen molar-refractivity contribution in [2.24, 2.45) is 0 Å². The SMILES string of the molecule is CC(C)(C)OC(=O)N1CCC(CF)(n2nc(-c3ccnc4c3C(C)(C)C(=O)N4C3CCCCO3)c3ccccc32)C1. The number of aromatic nitrogens is 3. The van der Waals surface area contributed by atoms with Crippen LogP contribution in [0.1, 0.15) is 65.9 Å². The van der Waals surface area contributed by atoms with Gasteiger partial charge in [0.1, 0.15) is 35.6 Å². The Balaban J connectivity index is 1.46. The minimum atomic E-state index is -1.04. The van der Waals surface area contributed by atoms with Crippen molar-refractivity contribution in [3.63, 3.8) is 0 Å². The minimum absolute atomic E-state index is 0.0490. The van der Waals surface area contributed by atoms with Crippen molar-refractivity contribution >= 4 is 28.7 Å². The van der Waals surface area contributed by atoms with E-state index in [1.807, 2.05) is 65.0 Å². The van der Waals surface area contributed by atoms with E-state index < -0.39 is 29.3 Å². The molecular weight excluding hydrogens is 525 g/mol. The summed E-state index contributed by atoms with van der Waals surface area (Å²) < 4.78 is 28.4. The number of carbonyl (C=O) groups excluding carboxylic acids is 2. The minimum Gasteiger partial charge on any atom is -0.444 e. The van der Waals surface area contributed by atoms with E-state index in [0.717, 1.165) is 41.3 Å². The third kappa shape index (κ3) is 4.47. The van der Waals surface area contributed by atoms with E-state index in [-0.39, 0.29) is 18.7 Å². The largest absolute Gasteiger partial charge is 0.444 e. The fourth-order valence-electron chi connectivity index (χ4n) is 6.45. The average Bonchev–Trinajstić information content (AvgIpc) is 3.61.